The molecule has 2 saturated carbocycles. The molecule has 8 heteroatoms. The zero-order chi connectivity index (χ0) is 22.3. The second-order valence-electron chi connectivity index (χ2n) is 8.96. The van der Waals surface area contributed by atoms with Crippen molar-refractivity contribution < 1.29 is 14.3 Å². The van der Waals surface area contributed by atoms with Crippen LogP contribution in [0.15, 0.2) is 53.7 Å². The minimum absolute atomic E-state index is 0.0955. The van der Waals surface area contributed by atoms with Crippen LogP contribution in [0.25, 0.3) is 5.69 Å². The fourth-order valence-electron chi connectivity index (χ4n) is 4.59. The maximum atomic E-state index is 12.7. The smallest absolute Gasteiger partial charge is 0.251 e. The molecule has 1 amide bonds. The molecule has 0 saturated heterocycles. The molecular weight excluding hydrogens is 436 g/mol. The molecule has 2 aliphatic carbocycles. The zero-order valence-electron chi connectivity index (χ0n) is 18.3. The van der Waals surface area contributed by atoms with Crippen molar-refractivity contribution in [2.45, 2.75) is 61.8 Å². The van der Waals surface area contributed by atoms with E-state index < -0.39 is 5.79 Å². The van der Waals surface area contributed by atoms with Gasteiger partial charge in [-0.05, 0) is 49.9 Å². The number of aromatic nitrogens is 3. The van der Waals surface area contributed by atoms with E-state index in [4.69, 9.17) is 9.47 Å². The van der Waals surface area contributed by atoms with Crippen LogP contribution in [0.2, 0.25) is 0 Å². The molecule has 7 nitrogen and oxygen atoms in total. The van der Waals surface area contributed by atoms with Crippen LogP contribution in [0.4, 0.5) is 5.69 Å². The summed E-state index contributed by atoms with van der Waals surface area (Å²) in [6.45, 7) is 0. The van der Waals surface area contributed by atoms with Crippen molar-refractivity contribution in [3.05, 3.63) is 54.4 Å². The van der Waals surface area contributed by atoms with Crippen LogP contribution in [0, 0.1) is 0 Å². The first-order chi connectivity index (χ1) is 16.2. The number of ether oxygens (including phenoxy) is 2. The van der Waals surface area contributed by atoms with Crippen LogP contribution < -0.4 is 14.8 Å². The number of thioether (sulfide) groups is 1. The van der Waals surface area contributed by atoms with E-state index in [1.54, 1.807) is 0 Å². The molecule has 3 aliphatic rings. The molecule has 0 unspecified atom stereocenters. The average molecular weight is 463 g/mol. The molecule has 33 heavy (non-hydrogen) atoms. The Morgan fingerprint density at radius 3 is 2.61 bits per heavy atom. The van der Waals surface area contributed by atoms with Crippen molar-refractivity contribution in [3.63, 3.8) is 0 Å². The van der Waals surface area contributed by atoms with Crippen molar-refractivity contribution in [2.24, 2.45) is 0 Å². The average Bonchev–Trinajstić information content (AvgIpc) is 3.50. The quantitative estimate of drug-likeness (QED) is 0.501. The lowest BCUT2D eigenvalue weighted by molar-refractivity contribution is -0.113. The molecule has 6 rings (SSSR count). The lowest BCUT2D eigenvalue weighted by atomic mass is 9.94. The van der Waals surface area contributed by atoms with Gasteiger partial charge in [0.2, 0.25) is 5.91 Å². The second-order valence-corrected chi connectivity index (χ2v) is 9.90. The number of hydrogen-bond acceptors (Lipinski definition) is 6. The fraction of sp³-hybridized carbons (Fsp3) is 0.400. The lowest BCUT2D eigenvalue weighted by Crippen LogP contribution is -2.40. The third kappa shape index (κ3) is 4.19. The highest BCUT2D eigenvalue weighted by atomic mass is 32.2. The standard InChI is InChI=1S/C25H26N4O3S/c30-22(26-18-11-12-20-21(15-18)32-25(31-20)13-5-2-6-14-25)16-33-24-28-27-23(17-9-10-17)29(24)19-7-3-1-4-8-19/h1,3-4,7-8,11-12,15,17H,2,5-6,9-10,13-14,16H2,(H,26,30). The number of fused-ring (bicyclic) bond motifs is 1. The summed E-state index contributed by atoms with van der Waals surface area (Å²) >= 11 is 1.40. The van der Waals surface area contributed by atoms with Gasteiger partial charge in [-0.25, -0.2) is 0 Å². The number of rotatable bonds is 6. The molecule has 0 atom stereocenters. The number of benzene rings is 2. The van der Waals surface area contributed by atoms with Gasteiger partial charge in [-0.3, -0.25) is 9.36 Å². The van der Waals surface area contributed by atoms with Crippen molar-refractivity contribution in [3.8, 4) is 17.2 Å². The van der Waals surface area contributed by atoms with E-state index in [1.165, 1.54) is 18.2 Å². The maximum Gasteiger partial charge on any atom is 0.251 e. The minimum atomic E-state index is -0.514. The van der Waals surface area contributed by atoms with Crippen molar-refractivity contribution in [2.75, 3.05) is 11.1 Å². The van der Waals surface area contributed by atoms with E-state index in [1.807, 2.05) is 48.5 Å². The number of nitrogens with one attached hydrogen (secondary N) is 1. The summed E-state index contributed by atoms with van der Waals surface area (Å²) in [4.78, 5) is 12.7. The maximum absolute atomic E-state index is 12.7. The molecule has 0 bridgehead atoms. The Kier molecular flexibility index (Phi) is 5.25. The van der Waals surface area contributed by atoms with E-state index in [0.29, 0.717) is 17.4 Å². The van der Waals surface area contributed by atoms with Crippen molar-refractivity contribution in [1.29, 1.82) is 0 Å². The number of para-hydroxylation sites is 1. The molecule has 170 valence electrons. The molecule has 1 N–H and O–H groups in total. The summed E-state index contributed by atoms with van der Waals surface area (Å²) in [5.74, 6) is 2.54. The van der Waals surface area contributed by atoms with Gasteiger partial charge in [-0.15, -0.1) is 10.2 Å². The van der Waals surface area contributed by atoms with Crippen LogP contribution in [0.3, 0.4) is 0 Å². The van der Waals surface area contributed by atoms with Gasteiger partial charge in [0, 0.05) is 36.2 Å². The predicted octanol–water partition coefficient (Wildman–Crippen LogP) is 5.31. The summed E-state index contributed by atoms with van der Waals surface area (Å²) < 4.78 is 14.4. The fourth-order valence-corrected chi connectivity index (χ4v) is 5.35. The Hall–Kier alpha value is -3.00. The van der Waals surface area contributed by atoms with Gasteiger partial charge in [0.1, 0.15) is 5.82 Å². The van der Waals surface area contributed by atoms with Crippen LogP contribution >= 0.6 is 11.8 Å². The van der Waals surface area contributed by atoms with Gasteiger partial charge in [-0.1, -0.05) is 36.4 Å². The van der Waals surface area contributed by atoms with Gasteiger partial charge >= 0.3 is 0 Å². The third-order valence-electron chi connectivity index (χ3n) is 6.38. The first-order valence-electron chi connectivity index (χ1n) is 11.6. The van der Waals surface area contributed by atoms with E-state index in [2.05, 4.69) is 20.1 Å². The monoisotopic (exact) mass is 462 g/mol. The highest BCUT2D eigenvalue weighted by molar-refractivity contribution is 7.99. The number of anilines is 1. The SMILES string of the molecule is O=C(CSc1nnc(C2CC2)n1-c1ccccc1)Nc1ccc2c(c1)OC1(CCCCC1)O2. The van der Waals surface area contributed by atoms with Crippen LogP contribution in [-0.2, 0) is 4.79 Å². The Labute approximate surface area is 196 Å². The molecule has 1 aliphatic heterocycles. The molecule has 1 aromatic heterocycles. The highest BCUT2D eigenvalue weighted by Crippen LogP contribution is 2.46. The Morgan fingerprint density at radius 2 is 1.82 bits per heavy atom. The Balaban J connectivity index is 1.12. The summed E-state index contributed by atoms with van der Waals surface area (Å²) in [6.07, 6.45) is 7.55. The van der Waals surface area contributed by atoms with Crippen LogP contribution in [-0.4, -0.2) is 32.2 Å². The number of carbonyl (C=O) groups is 1. The van der Waals surface area contributed by atoms with E-state index in [-0.39, 0.29) is 11.7 Å². The molecule has 2 heterocycles. The molecule has 2 aromatic carbocycles. The lowest BCUT2D eigenvalue weighted by Gasteiger charge is -2.31. The Bertz CT molecular complexity index is 1170. The van der Waals surface area contributed by atoms with Crippen LogP contribution in [0.5, 0.6) is 11.5 Å². The zero-order valence-corrected chi connectivity index (χ0v) is 19.1. The van der Waals surface area contributed by atoms with Gasteiger partial charge < -0.3 is 14.8 Å². The van der Waals surface area contributed by atoms with Gasteiger partial charge in [0.05, 0.1) is 5.75 Å². The topological polar surface area (TPSA) is 78.3 Å². The van der Waals surface area contributed by atoms with E-state index >= 15 is 0 Å². The summed E-state index contributed by atoms with van der Waals surface area (Å²) in [7, 11) is 0. The third-order valence-corrected chi connectivity index (χ3v) is 7.31. The van der Waals surface area contributed by atoms with Gasteiger partial charge in [-0.2, -0.15) is 0 Å². The summed E-state index contributed by atoms with van der Waals surface area (Å²) in [6, 6.07) is 15.7. The molecular formula is C25H26N4O3S. The molecule has 2 fully saturated rings. The normalized spacial score (nSPS) is 18.4. The highest BCUT2D eigenvalue weighted by Gasteiger charge is 2.42. The number of nitrogens with zero attached hydrogens (tertiary/aromatic N) is 3. The predicted molar refractivity (Wildman–Crippen MR) is 126 cm³/mol. The van der Waals surface area contributed by atoms with Crippen molar-refractivity contribution >= 4 is 23.4 Å². The molecule has 1 spiro atoms. The first-order valence-corrected chi connectivity index (χ1v) is 12.6. The minimum Gasteiger partial charge on any atom is -0.448 e. The van der Waals surface area contributed by atoms with Gasteiger partial charge in [0.25, 0.3) is 5.79 Å². The van der Waals surface area contributed by atoms with Crippen molar-refractivity contribution in [1.82, 2.24) is 14.8 Å². The summed E-state index contributed by atoms with van der Waals surface area (Å²) in [5, 5.41) is 12.5. The van der Waals surface area contributed by atoms with E-state index in [0.717, 1.165) is 60.9 Å². The molecule has 3 aromatic rings. The van der Waals surface area contributed by atoms with Gasteiger partial charge in [0.15, 0.2) is 16.7 Å². The van der Waals surface area contributed by atoms with Crippen LogP contribution in [0.1, 0.15) is 56.7 Å². The molecule has 0 radical (unpaired) electrons. The number of carbonyl (C=O) groups excluding carboxylic acids is 1. The van der Waals surface area contributed by atoms with E-state index in [9.17, 15) is 4.79 Å². The first kappa shape index (κ1) is 20.6. The Morgan fingerprint density at radius 1 is 1.03 bits per heavy atom. The second kappa shape index (κ2) is 8.41. The number of amides is 1. The summed E-state index contributed by atoms with van der Waals surface area (Å²) in [5.41, 5.74) is 1.73. The largest absolute Gasteiger partial charge is 0.448 e. The number of hydrogen-bond donors (Lipinski definition) is 1.